The van der Waals surface area contributed by atoms with Crippen LogP contribution in [-0.4, -0.2) is 28.0 Å². The van der Waals surface area contributed by atoms with Gasteiger partial charge in [0.2, 0.25) is 0 Å². The summed E-state index contributed by atoms with van der Waals surface area (Å²) in [6.45, 7) is 2.12. The van der Waals surface area contributed by atoms with Crippen LogP contribution in [0.5, 0.6) is 11.8 Å². The lowest BCUT2D eigenvalue weighted by atomic mass is 10.1. The summed E-state index contributed by atoms with van der Waals surface area (Å²) in [5.41, 5.74) is 2.47. The summed E-state index contributed by atoms with van der Waals surface area (Å²) in [6, 6.07) is 6.30. The van der Waals surface area contributed by atoms with E-state index >= 15 is 0 Å². The highest BCUT2D eigenvalue weighted by molar-refractivity contribution is 6.33. The molecule has 1 aliphatic carbocycles. The molecule has 3 aromatic rings. The maximum absolute atomic E-state index is 12.5. The van der Waals surface area contributed by atoms with Gasteiger partial charge in [-0.25, -0.2) is 4.98 Å². The molecule has 1 fully saturated rings. The van der Waals surface area contributed by atoms with E-state index in [1.807, 2.05) is 4.57 Å². The largest absolute Gasteiger partial charge is 0.573 e. The Hall–Kier alpha value is -2.48. The number of nitrogens with zero attached hydrogens (tertiary/aromatic N) is 3. The normalized spacial score (nSPS) is 15.5. The summed E-state index contributed by atoms with van der Waals surface area (Å²) in [5.74, 6) is 0.193. The fourth-order valence-electron chi connectivity index (χ4n) is 3.75. The number of ether oxygens (including phenoxy) is 2. The summed E-state index contributed by atoms with van der Waals surface area (Å²) >= 11 is 6.29. The molecule has 0 aliphatic heterocycles. The minimum atomic E-state index is -4.78. The van der Waals surface area contributed by atoms with Crippen molar-refractivity contribution < 1.29 is 22.6 Å². The second-order valence-corrected chi connectivity index (χ2v) is 7.41. The van der Waals surface area contributed by atoms with Crippen molar-refractivity contribution in [2.45, 2.75) is 38.6 Å². The molecule has 0 N–H and O–H groups in total. The van der Waals surface area contributed by atoms with E-state index in [-0.39, 0.29) is 16.8 Å². The predicted octanol–water partition coefficient (Wildman–Crippen LogP) is 6.02. The van der Waals surface area contributed by atoms with Crippen LogP contribution in [0, 0.1) is 5.92 Å². The van der Waals surface area contributed by atoms with Crippen LogP contribution in [0.25, 0.3) is 22.3 Å². The van der Waals surface area contributed by atoms with Crippen LogP contribution in [0.2, 0.25) is 5.02 Å². The zero-order chi connectivity index (χ0) is 20.8. The Bertz CT molecular complexity index is 1050. The molecule has 1 aromatic carbocycles. The van der Waals surface area contributed by atoms with Gasteiger partial charge in [-0.1, -0.05) is 18.5 Å². The molecule has 0 bridgehead atoms. The first-order valence-electron chi connectivity index (χ1n) is 9.29. The maximum atomic E-state index is 12.5. The highest BCUT2D eigenvalue weighted by atomic mass is 35.5. The molecule has 29 heavy (non-hydrogen) atoms. The lowest BCUT2D eigenvalue weighted by Gasteiger charge is -2.18. The van der Waals surface area contributed by atoms with Crippen molar-refractivity contribution in [2.75, 3.05) is 7.11 Å². The summed E-state index contributed by atoms with van der Waals surface area (Å²) in [5, 5.41) is 0.127. The molecule has 1 aliphatic rings. The molecule has 1 saturated carbocycles. The molecular weight excluding hydrogens is 407 g/mol. The second-order valence-electron chi connectivity index (χ2n) is 7.00. The zero-order valence-electron chi connectivity index (χ0n) is 15.8. The highest BCUT2D eigenvalue weighted by Crippen LogP contribution is 2.45. The van der Waals surface area contributed by atoms with Crippen molar-refractivity contribution >= 4 is 22.8 Å². The van der Waals surface area contributed by atoms with Crippen LogP contribution in [0.3, 0.4) is 0 Å². The number of aromatic nitrogens is 3. The summed E-state index contributed by atoms with van der Waals surface area (Å²) in [7, 11) is 1.56. The van der Waals surface area contributed by atoms with E-state index in [1.54, 1.807) is 19.4 Å². The third kappa shape index (κ3) is 3.85. The summed E-state index contributed by atoms with van der Waals surface area (Å²) in [6.07, 6.45) is 0.105. The van der Waals surface area contributed by atoms with Gasteiger partial charge in [0.05, 0.1) is 12.1 Å². The Morgan fingerprint density at radius 3 is 2.59 bits per heavy atom. The van der Waals surface area contributed by atoms with Gasteiger partial charge in [0.25, 0.3) is 6.01 Å². The van der Waals surface area contributed by atoms with Gasteiger partial charge in [0.15, 0.2) is 5.65 Å². The Kier molecular flexibility index (Phi) is 5.06. The first kappa shape index (κ1) is 19.8. The lowest BCUT2D eigenvalue weighted by Crippen LogP contribution is -2.17. The average Bonchev–Trinajstić information content (AvgIpc) is 3.42. The van der Waals surface area contributed by atoms with E-state index < -0.39 is 6.36 Å². The molecular formula is C20H19ClF3N3O2. The zero-order valence-corrected chi connectivity index (χ0v) is 16.6. The monoisotopic (exact) mass is 425 g/mol. The van der Waals surface area contributed by atoms with Gasteiger partial charge < -0.3 is 9.47 Å². The van der Waals surface area contributed by atoms with Gasteiger partial charge in [-0.2, -0.15) is 4.98 Å². The second kappa shape index (κ2) is 7.40. The Labute approximate surface area is 170 Å². The van der Waals surface area contributed by atoms with Crippen molar-refractivity contribution in [3.8, 4) is 22.9 Å². The number of alkyl halides is 3. The van der Waals surface area contributed by atoms with E-state index in [9.17, 15) is 13.2 Å². The minimum Gasteiger partial charge on any atom is -0.468 e. The summed E-state index contributed by atoms with van der Waals surface area (Å²) < 4.78 is 48.9. The SMILES string of the molecule is CCC(C1CC1)n1c(OC)nc2c(-c3ccc(OC(F)(F)F)cc3Cl)ccnc21. The molecule has 0 saturated heterocycles. The van der Waals surface area contributed by atoms with Gasteiger partial charge >= 0.3 is 6.36 Å². The van der Waals surface area contributed by atoms with Crippen LogP contribution in [0.4, 0.5) is 13.2 Å². The Morgan fingerprint density at radius 2 is 2.00 bits per heavy atom. The number of hydrogen-bond acceptors (Lipinski definition) is 4. The number of hydrogen-bond donors (Lipinski definition) is 0. The van der Waals surface area contributed by atoms with E-state index in [1.165, 1.54) is 12.1 Å². The van der Waals surface area contributed by atoms with E-state index in [0.29, 0.717) is 34.2 Å². The van der Waals surface area contributed by atoms with Gasteiger partial charge in [0, 0.05) is 23.4 Å². The van der Waals surface area contributed by atoms with E-state index in [0.717, 1.165) is 25.3 Å². The van der Waals surface area contributed by atoms with Crippen LogP contribution >= 0.6 is 11.6 Å². The molecule has 9 heteroatoms. The molecule has 1 atom stereocenters. The van der Waals surface area contributed by atoms with Crippen molar-refractivity contribution in [3.05, 3.63) is 35.5 Å². The van der Waals surface area contributed by atoms with E-state index in [2.05, 4.69) is 21.6 Å². The first-order valence-corrected chi connectivity index (χ1v) is 9.66. The van der Waals surface area contributed by atoms with E-state index in [4.69, 9.17) is 16.3 Å². The molecule has 5 nitrogen and oxygen atoms in total. The van der Waals surface area contributed by atoms with Gasteiger partial charge in [-0.15, -0.1) is 13.2 Å². The number of benzene rings is 1. The van der Waals surface area contributed by atoms with Crippen molar-refractivity contribution in [1.29, 1.82) is 0 Å². The molecule has 0 radical (unpaired) electrons. The maximum Gasteiger partial charge on any atom is 0.573 e. The fraction of sp³-hybridized carbons (Fsp3) is 0.400. The average molecular weight is 426 g/mol. The molecule has 154 valence electrons. The number of imidazole rings is 1. The standard InChI is InChI=1S/C20H19ClF3N3O2/c1-3-16(11-4-5-11)27-18-17(26-19(27)28-2)14(8-9-25-18)13-7-6-12(10-15(13)21)29-20(22,23)24/h6-11,16H,3-5H2,1-2H3. The molecule has 2 aromatic heterocycles. The lowest BCUT2D eigenvalue weighted by molar-refractivity contribution is -0.274. The Balaban J connectivity index is 1.82. The van der Waals surface area contributed by atoms with Crippen molar-refractivity contribution in [1.82, 2.24) is 14.5 Å². The number of halogens is 4. The summed E-state index contributed by atoms with van der Waals surface area (Å²) in [4.78, 5) is 9.13. The molecule has 0 amide bonds. The van der Waals surface area contributed by atoms with Crippen LogP contribution in [0.1, 0.15) is 32.2 Å². The van der Waals surface area contributed by atoms with Gasteiger partial charge in [-0.3, -0.25) is 4.57 Å². The quantitative estimate of drug-likeness (QED) is 0.484. The van der Waals surface area contributed by atoms with Crippen LogP contribution in [0.15, 0.2) is 30.5 Å². The molecule has 0 spiro atoms. The molecule has 1 unspecified atom stereocenters. The Morgan fingerprint density at radius 1 is 1.24 bits per heavy atom. The van der Waals surface area contributed by atoms with Crippen LogP contribution < -0.4 is 9.47 Å². The van der Waals surface area contributed by atoms with Crippen LogP contribution in [-0.2, 0) is 0 Å². The molecule has 4 rings (SSSR count). The van der Waals surface area contributed by atoms with Gasteiger partial charge in [0.1, 0.15) is 11.3 Å². The van der Waals surface area contributed by atoms with Crippen molar-refractivity contribution in [2.24, 2.45) is 5.92 Å². The third-order valence-electron chi connectivity index (χ3n) is 5.11. The van der Waals surface area contributed by atoms with Gasteiger partial charge in [-0.05, 0) is 49.4 Å². The smallest absolute Gasteiger partial charge is 0.468 e. The fourth-order valence-corrected chi connectivity index (χ4v) is 4.02. The number of pyridine rings is 1. The first-order chi connectivity index (χ1) is 13.8. The minimum absolute atomic E-state index is 0.127. The number of fused-ring (bicyclic) bond motifs is 1. The highest BCUT2D eigenvalue weighted by Gasteiger charge is 2.35. The topological polar surface area (TPSA) is 49.2 Å². The number of rotatable bonds is 6. The van der Waals surface area contributed by atoms with Crippen molar-refractivity contribution in [3.63, 3.8) is 0 Å². The number of methoxy groups -OCH3 is 1. The predicted molar refractivity (Wildman–Crippen MR) is 103 cm³/mol. The molecule has 2 heterocycles. The third-order valence-corrected chi connectivity index (χ3v) is 5.42.